The molecule has 1 aliphatic carbocycles. The molecule has 0 atom stereocenters. The quantitative estimate of drug-likeness (QED) is 0.485. The number of fused-ring (bicyclic) bond motifs is 1. The summed E-state index contributed by atoms with van der Waals surface area (Å²) in [5.41, 5.74) is 11.5. The predicted octanol–water partition coefficient (Wildman–Crippen LogP) is 8.47. The molecule has 0 saturated carbocycles. The van der Waals surface area contributed by atoms with Gasteiger partial charge in [-0.15, -0.1) is 0 Å². The first-order chi connectivity index (χ1) is 12.8. The van der Waals surface area contributed by atoms with E-state index in [4.69, 9.17) is 0 Å². The topological polar surface area (TPSA) is 0 Å². The average molecular weight is 360 g/mol. The van der Waals surface area contributed by atoms with Gasteiger partial charge in [-0.2, -0.15) is 0 Å². The summed E-state index contributed by atoms with van der Waals surface area (Å²) in [4.78, 5) is 0. The maximum Gasteiger partial charge on any atom is 0.0164 e. The number of benzene rings is 2. The fourth-order valence-corrected chi connectivity index (χ4v) is 4.08. The van der Waals surface area contributed by atoms with Gasteiger partial charge < -0.3 is 0 Å². The Labute approximate surface area is 166 Å². The predicted molar refractivity (Wildman–Crippen MR) is 120 cm³/mol. The third-order valence-electron chi connectivity index (χ3n) is 5.74. The normalized spacial score (nSPS) is 13.6. The van der Waals surface area contributed by atoms with Crippen LogP contribution in [0.25, 0.3) is 17.2 Å². The second kappa shape index (κ2) is 8.05. The van der Waals surface area contributed by atoms with Gasteiger partial charge in [0.1, 0.15) is 0 Å². The molecule has 3 rings (SSSR count). The zero-order valence-electron chi connectivity index (χ0n) is 18.2. The van der Waals surface area contributed by atoms with Gasteiger partial charge in [-0.1, -0.05) is 96.9 Å². The fraction of sp³-hybridized carbons (Fsp3) is 0.444. The molecule has 2 aromatic carbocycles. The Hall–Kier alpha value is -1.82. The molecule has 0 heteroatoms. The van der Waals surface area contributed by atoms with Gasteiger partial charge in [-0.05, 0) is 63.1 Å². The van der Waals surface area contributed by atoms with E-state index >= 15 is 0 Å². The molecule has 0 aromatic heterocycles. The monoisotopic (exact) mass is 359 g/mol. The van der Waals surface area contributed by atoms with Crippen LogP contribution in [-0.2, 0) is 0 Å². The van der Waals surface area contributed by atoms with Gasteiger partial charge in [-0.3, -0.25) is 0 Å². The van der Waals surface area contributed by atoms with E-state index < -0.39 is 0 Å². The van der Waals surface area contributed by atoms with Crippen molar-refractivity contribution in [2.45, 2.75) is 79.1 Å². The van der Waals surface area contributed by atoms with Crippen LogP contribution < -0.4 is 0 Å². The summed E-state index contributed by atoms with van der Waals surface area (Å²) in [6.45, 7) is 16.1. The minimum absolute atomic E-state index is 0.513. The van der Waals surface area contributed by atoms with Gasteiger partial charge in [-0.25, -0.2) is 0 Å². The molecule has 1 aliphatic rings. The summed E-state index contributed by atoms with van der Waals surface area (Å²) in [6.07, 6.45) is 7.19. The first kappa shape index (κ1) is 19.9. The lowest BCUT2D eigenvalue weighted by Crippen LogP contribution is -2.00. The molecule has 1 radical (unpaired) electrons. The molecule has 27 heavy (non-hydrogen) atoms. The third kappa shape index (κ3) is 4.05. The van der Waals surface area contributed by atoms with E-state index in [0.717, 1.165) is 6.42 Å². The number of hydrogen-bond donors (Lipinski definition) is 0. The lowest BCUT2D eigenvalue weighted by Gasteiger charge is -2.20. The highest BCUT2D eigenvalue weighted by molar-refractivity contribution is 5.86. The zero-order valence-corrected chi connectivity index (χ0v) is 18.2. The molecule has 0 heterocycles. The second-order valence-corrected chi connectivity index (χ2v) is 9.00. The molecule has 0 unspecified atom stereocenters. The van der Waals surface area contributed by atoms with E-state index in [1.807, 2.05) is 0 Å². The molecule has 0 aliphatic heterocycles. The Morgan fingerprint density at radius 1 is 0.778 bits per heavy atom. The number of hydrogen-bond acceptors (Lipinski definition) is 0. The largest absolute Gasteiger partial charge is 0.0651 e. The Morgan fingerprint density at radius 3 is 1.93 bits per heavy atom. The lowest BCUT2D eigenvalue weighted by atomic mass is 9.84. The maximum atomic E-state index is 2.44. The van der Waals surface area contributed by atoms with Crippen LogP contribution in [0.15, 0.2) is 35.9 Å². The van der Waals surface area contributed by atoms with E-state index in [1.54, 1.807) is 0 Å². The van der Waals surface area contributed by atoms with Crippen molar-refractivity contribution in [1.82, 2.24) is 0 Å². The minimum Gasteiger partial charge on any atom is -0.0651 e. The van der Waals surface area contributed by atoms with Gasteiger partial charge in [0.05, 0.1) is 0 Å². The standard InChI is InChI=1S/C27H35/c1-8-9-20-12-21-10-11-25(19(6)7)27(26(21)13-20)24-15-22(17(2)3)14-23(16-24)18(4)5/h10-19H,8-9H2,1-7H3. The molecule has 0 amide bonds. The molecule has 0 spiro atoms. The second-order valence-electron chi connectivity index (χ2n) is 9.00. The Morgan fingerprint density at radius 2 is 1.41 bits per heavy atom. The van der Waals surface area contributed by atoms with Gasteiger partial charge in [0.25, 0.3) is 0 Å². The number of rotatable bonds is 6. The van der Waals surface area contributed by atoms with Crippen molar-refractivity contribution in [3.05, 3.63) is 70.1 Å². The summed E-state index contributed by atoms with van der Waals surface area (Å²) in [6, 6.07) is 12.0. The molecular weight excluding hydrogens is 324 g/mol. The molecule has 0 bridgehead atoms. The summed E-state index contributed by atoms with van der Waals surface area (Å²) in [5, 5.41) is 0. The van der Waals surface area contributed by atoms with Crippen LogP contribution >= 0.6 is 0 Å². The van der Waals surface area contributed by atoms with Gasteiger partial charge in [0, 0.05) is 6.42 Å². The van der Waals surface area contributed by atoms with Crippen molar-refractivity contribution in [2.75, 3.05) is 0 Å². The molecule has 0 fully saturated rings. The molecule has 2 aromatic rings. The van der Waals surface area contributed by atoms with Crippen LogP contribution in [0.4, 0.5) is 0 Å². The zero-order chi connectivity index (χ0) is 19.7. The van der Waals surface area contributed by atoms with Crippen molar-refractivity contribution in [2.24, 2.45) is 0 Å². The van der Waals surface area contributed by atoms with Gasteiger partial charge >= 0.3 is 0 Å². The third-order valence-corrected chi connectivity index (χ3v) is 5.74. The van der Waals surface area contributed by atoms with Gasteiger partial charge in [0.2, 0.25) is 0 Å². The van der Waals surface area contributed by atoms with E-state index in [0.29, 0.717) is 17.8 Å². The Bertz CT molecular complexity index is 820. The SMILES string of the molecule is CCCC1=Cc2c(ccc(C(C)C)c2-c2cc(C(C)C)cc(C(C)C)c2)[CH]1. The molecule has 143 valence electrons. The Kier molecular flexibility index (Phi) is 5.94. The van der Waals surface area contributed by atoms with E-state index in [-0.39, 0.29) is 0 Å². The smallest absolute Gasteiger partial charge is 0.0164 e. The van der Waals surface area contributed by atoms with Crippen molar-refractivity contribution < 1.29 is 0 Å². The highest BCUT2D eigenvalue weighted by Gasteiger charge is 2.22. The van der Waals surface area contributed by atoms with Crippen LogP contribution in [0.2, 0.25) is 0 Å². The minimum atomic E-state index is 0.513. The highest BCUT2D eigenvalue weighted by Crippen LogP contribution is 2.42. The van der Waals surface area contributed by atoms with Crippen molar-refractivity contribution in [3.8, 4) is 11.1 Å². The van der Waals surface area contributed by atoms with Crippen LogP contribution in [0.5, 0.6) is 0 Å². The summed E-state index contributed by atoms with van der Waals surface area (Å²) in [5.74, 6) is 1.60. The Balaban J connectivity index is 2.26. The molecular formula is C27H35. The van der Waals surface area contributed by atoms with Crippen LogP contribution in [0.3, 0.4) is 0 Å². The summed E-state index contributed by atoms with van der Waals surface area (Å²) < 4.78 is 0. The summed E-state index contributed by atoms with van der Waals surface area (Å²) >= 11 is 0. The van der Waals surface area contributed by atoms with Crippen LogP contribution in [-0.4, -0.2) is 0 Å². The van der Waals surface area contributed by atoms with Crippen molar-refractivity contribution >= 4 is 6.08 Å². The van der Waals surface area contributed by atoms with E-state index in [9.17, 15) is 0 Å². The maximum absolute atomic E-state index is 2.44. The first-order valence-corrected chi connectivity index (χ1v) is 10.7. The molecule has 0 nitrogen and oxygen atoms in total. The van der Waals surface area contributed by atoms with E-state index in [1.165, 1.54) is 50.9 Å². The van der Waals surface area contributed by atoms with Crippen molar-refractivity contribution in [3.63, 3.8) is 0 Å². The van der Waals surface area contributed by atoms with Crippen molar-refractivity contribution in [1.29, 1.82) is 0 Å². The van der Waals surface area contributed by atoms with Crippen LogP contribution in [0.1, 0.15) is 107 Å². The van der Waals surface area contributed by atoms with E-state index in [2.05, 4.69) is 91.3 Å². The first-order valence-electron chi connectivity index (χ1n) is 10.7. The molecule has 0 N–H and O–H groups in total. The van der Waals surface area contributed by atoms with Gasteiger partial charge in [0.15, 0.2) is 0 Å². The fourth-order valence-electron chi connectivity index (χ4n) is 4.08. The number of allylic oxidation sites excluding steroid dienone is 1. The molecule has 0 saturated heterocycles. The van der Waals surface area contributed by atoms with Crippen LogP contribution in [0, 0.1) is 6.42 Å². The average Bonchev–Trinajstić information content (AvgIpc) is 3.03. The summed E-state index contributed by atoms with van der Waals surface area (Å²) in [7, 11) is 0. The highest BCUT2D eigenvalue weighted by atomic mass is 14.3. The lowest BCUT2D eigenvalue weighted by molar-refractivity contribution is 0.833.